The van der Waals surface area contributed by atoms with Gasteiger partial charge in [0.15, 0.2) is 9.84 Å². The number of carbonyl (C=O) groups excluding carboxylic acids is 1. The van der Waals surface area contributed by atoms with Gasteiger partial charge in [-0.15, -0.1) is 0 Å². The van der Waals surface area contributed by atoms with E-state index < -0.39 is 32.5 Å². The predicted molar refractivity (Wildman–Crippen MR) is 100 cm³/mol. The van der Waals surface area contributed by atoms with Gasteiger partial charge in [0.2, 0.25) is 0 Å². The summed E-state index contributed by atoms with van der Waals surface area (Å²) in [6, 6.07) is 12.4. The van der Waals surface area contributed by atoms with E-state index in [2.05, 4.69) is 0 Å². The Morgan fingerprint density at radius 3 is 2.08 bits per heavy atom. The monoisotopic (exact) mass is 413 g/mol. The zero-order chi connectivity index (χ0) is 19.1. The Morgan fingerprint density at radius 1 is 1.08 bits per heavy atom. The summed E-state index contributed by atoms with van der Waals surface area (Å²) in [5.74, 6) is -1.46. The molecule has 138 valence electrons. The molecule has 26 heavy (non-hydrogen) atoms. The molecule has 5 nitrogen and oxygen atoms in total. The largest absolute Gasteiger partial charge is 0.465 e. The summed E-state index contributed by atoms with van der Waals surface area (Å²) in [4.78, 5) is 12.5. The highest BCUT2D eigenvalue weighted by Gasteiger charge is 2.74. The molecule has 3 atom stereocenters. The van der Waals surface area contributed by atoms with E-state index in [9.17, 15) is 13.2 Å². The molecule has 0 saturated heterocycles. The van der Waals surface area contributed by atoms with Crippen LogP contribution in [0.3, 0.4) is 0 Å². The van der Waals surface area contributed by atoms with Gasteiger partial charge in [-0.05, 0) is 48.9 Å². The maximum absolute atomic E-state index is 13.1. The topological polar surface area (TPSA) is 86.5 Å². The molecule has 2 aromatic carbocycles. The third-order valence-electron chi connectivity index (χ3n) is 4.51. The van der Waals surface area contributed by atoms with E-state index in [0.29, 0.717) is 15.6 Å². The molecule has 8 heteroatoms. The molecule has 0 aromatic heterocycles. The van der Waals surface area contributed by atoms with Gasteiger partial charge in [0.05, 0.1) is 11.5 Å². The minimum Gasteiger partial charge on any atom is -0.465 e. The van der Waals surface area contributed by atoms with Crippen molar-refractivity contribution in [1.29, 1.82) is 0 Å². The van der Waals surface area contributed by atoms with Gasteiger partial charge in [-0.3, -0.25) is 0 Å². The molecule has 0 spiro atoms. The standard InChI is InChI=1S/C18H17Cl2NO4S/c1-2-25-17(22)18(21)15(11-3-5-12(19)6-4-11)16(18)26(23,24)14-9-7-13(20)8-10-14/h3-10,15-16H,2,21H2,1H3. The summed E-state index contributed by atoms with van der Waals surface area (Å²) in [5, 5.41) is -0.208. The quantitative estimate of drug-likeness (QED) is 0.760. The van der Waals surface area contributed by atoms with E-state index in [-0.39, 0.29) is 11.5 Å². The lowest BCUT2D eigenvalue weighted by molar-refractivity contribution is -0.145. The fourth-order valence-electron chi connectivity index (χ4n) is 3.20. The molecule has 1 aliphatic carbocycles. The summed E-state index contributed by atoms with van der Waals surface area (Å²) < 4.78 is 31.3. The summed E-state index contributed by atoms with van der Waals surface area (Å²) in [6.45, 7) is 1.75. The van der Waals surface area contributed by atoms with Crippen LogP contribution in [-0.4, -0.2) is 31.8 Å². The number of hydrogen-bond acceptors (Lipinski definition) is 5. The van der Waals surface area contributed by atoms with Crippen molar-refractivity contribution in [3.63, 3.8) is 0 Å². The SMILES string of the molecule is CCOC(=O)C1(N)C(c2ccc(Cl)cc2)C1S(=O)(=O)c1ccc(Cl)cc1. The summed E-state index contributed by atoms with van der Waals surface area (Å²) in [7, 11) is -3.88. The first-order chi connectivity index (χ1) is 12.2. The normalized spacial score (nSPS) is 24.9. The van der Waals surface area contributed by atoms with Gasteiger partial charge < -0.3 is 10.5 Å². The second kappa shape index (κ2) is 6.85. The van der Waals surface area contributed by atoms with E-state index in [1.165, 1.54) is 24.3 Å². The van der Waals surface area contributed by atoms with Crippen molar-refractivity contribution < 1.29 is 17.9 Å². The van der Waals surface area contributed by atoms with Crippen molar-refractivity contribution in [3.8, 4) is 0 Å². The molecular formula is C18H17Cl2NO4S. The van der Waals surface area contributed by atoms with Crippen LogP contribution in [-0.2, 0) is 19.4 Å². The number of nitrogens with two attached hydrogens (primary N) is 1. The Hall–Kier alpha value is -1.60. The van der Waals surface area contributed by atoms with Gasteiger partial charge in [-0.1, -0.05) is 35.3 Å². The van der Waals surface area contributed by atoms with Crippen LogP contribution in [0, 0.1) is 0 Å². The average Bonchev–Trinajstić information content (AvgIpc) is 3.25. The third-order valence-corrected chi connectivity index (χ3v) is 7.28. The average molecular weight is 414 g/mol. The molecule has 3 rings (SSSR count). The highest BCUT2D eigenvalue weighted by atomic mass is 35.5. The Labute approximate surface area is 162 Å². The lowest BCUT2D eigenvalue weighted by atomic mass is 10.1. The van der Waals surface area contributed by atoms with Crippen molar-refractivity contribution in [2.24, 2.45) is 5.73 Å². The van der Waals surface area contributed by atoms with Gasteiger partial charge in [0.25, 0.3) is 0 Å². The number of carbonyl (C=O) groups is 1. The van der Waals surface area contributed by atoms with Crippen LogP contribution < -0.4 is 5.73 Å². The van der Waals surface area contributed by atoms with Crippen LogP contribution in [0.1, 0.15) is 18.4 Å². The highest BCUT2D eigenvalue weighted by Crippen LogP contribution is 2.56. The van der Waals surface area contributed by atoms with Gasteiger partial charge >= 0.3 is 5.97 Å². The van der Waals surface area contributed by atoms with Crippen LogP contribution in [0.5, 0.6) is 0 Å². The number of esters is 1. The smallest absolute Gasteiger partial charge is 0.328 e. The summed E-state index contributed by atoms with van der Waals surface area (Å²) in [6.07, 6.45) is 0. The van der Waals surface area contributed by atoms with E-state index in [4.69, 9.17) is 33.7 Å². The first-order valence-electron chi connectivity index (χ1n) is 7.94. The number of rotatable bonds is 5. The number of hydrogen-bond donors (Lipinski definition) is 1. The van der Waals surface area contributed by atoms with Crippen LogP contribution in [0.4, 0.5) is 0 Å². The predicted octanol–water partition coefficient (Wildman–Crippen LogP) is 3.19. The van der Waals surface area contributed by atoms with E-state index >= 15 is 0 Å². The van der Waals surface area contributed by atoms with Gasteiger partial charge in [0, 0.05) is 16.0 Å². The molecule has 0 heterocycles. The highest BCUT2D eigenvalue weighted by molar-refractivity contribution is 7.92. The van der Waals surface area contributed by atoms with Crippen LogP contribution in [0.25, 0.3) is 0 Å². The van der Waals surface area contributed by atoms with E-state index in [1.807, 2.05) is 0 Å². The molecular weight excluding hydrogens is 397 g/mol. The molecule has 0 bridgehead atoms. The molecule has 1 saturated carbocycles. The zero-order valence-electron chi connectivity index (χ0n) is 13.9. The van der Waals surface area contributed by atoms with Crippen molar-refractivity contribution in [2.45, 2.75) is 28.5 Å². The second-order valence-electron chi connectivity index (χ2n) is 6.10. The third kappa shape index (κ3) is 3.11. The van der Waals surface area contributed by atoms with Crippen LogP contribution in [0.2, 0.25) is 10.0 Å². The lowest BCUT2D eigenvalue weighted by Gasteiger charge is -2.11. The van der Waals surface area contributed by atoms with Crippen molar-refractivity contribution in [2.75, 3.05) is 6.61 Å². The van der Waals surface area contributed by atoms with Gasteiger partial charge in [-0.25, -0.2) is 13.2 Å². The molecule has 3 unspecified atom stereocenters. The van der Waals surface area contributed by atoms with E-state index in [1.54, 1.807) is 31.2 Å². The lowest BCUT2D eigenvalue weighted by Crippen LogP contribution is -2.41. The van der Waals surface area contributed by atoms with Crippen molar-refractivity contribution in [3.05, 3.63) is 64.1 Å². The maximum Gasteiger partial charge on any atom is 0.328 e. The maximum atomic E-state index is 13.1. The Balaban J connectivity index is 2.06. The number of benzene rings is 2. The zero-order valence-corrected chi connectivity index (χ0v) is 16.2. The molecule has 0 radical (unpaired) electrons. The molecule has 2 aromatic rings. The van der Waals surface area contributed by atoms with Crippen molar-refractivity contribution >= 4 is 39.0 Å². The van der Waals surface area contributed by atoms with Gasteiger partial charge in [0.1, 0.15) is 10.8 Å². The summed E-state index contributed by atoms with van der Waals surface area (Å²) in [5.41, 5.74) is 5.24. The minimum absolute atomic E-state index is 0.0579. The molecule has 2 N–H and O–H groups in total. The van der Waals surface area contributed by atoms with Crippen molar-refractivity contribution in [1.82, 2.24) is 0 Å². The summed E-state index contributed by atoms with van der Waals surface area (Å²) >= 11 is 11.7. The Morgan fingerprint density at radius 2 is 1.58 bits per heavy atom. The number of halogens is 2. The van der Waals surface area contributed by atoms with Gasteiger partial charge in [-0.2, -0.15) is 0 Å². The first-order valence-corrected chi connectivity index (χ1v) is 10.2. The minimum atomic E-state index is -3.88. The fourth-order valence-corrected chi connectivity index (χ4v) is 5.68. The fraction of sp³-hybridized carbons (Fsp3) is 0.278. The number of sulfone groups is 1. The van der Waals surface area contributed by atoms with Crippen LogP contribution in [0.15, 0.2) is 53.4 Å². The Bertz CT molecular complexity index is 929. The van der Waals surface area contributed by atoms with Crippen LogP contribution >= 0.6 is 23.2 Å². The Kier molecular flexibility index (Phi) is 5.05. The second-order valence-corrected chi connectivity index (χ2v) is 9.04. The van der Waals surface area contributed by atoms with E-state index in [0.717, 1.165) is 0 Å². The molecule has 1 aliphatic rings. The molecule has 0 amide bonds. The molecule has 1 fully saturated rings. The first kappa shape index (κ1) is 19.2. The number of ether oxygens (including phenoxy) is 1. The molecule has 0 aliphatic heterocycles.